The van der Waals surface area contributed by atoms with Gasteiger partial charge in [-0.15, -0.1) is 0 Å². The third-order valence-corrected chi connectivity index (χ3v) is 3.17. The average Bonchev–Trinajstić information content (AvgIpc) is 2.36. The number of anilines is 1. The Morgan fingerprint density at radius 1 is 1.40 bits per heavy atom. The topological polar surface area (TPSA) is 87.7 Å². The third kappa shape index (κ3) is 4.41. The molecular weight excluding hydrogens is 328 g/mol. The van der Waals surface area contributed by atoms with Crippen LogP contribution in [0.15, 0.2) is 22.7 Å². The Morgan fingerprint density at radius 3 is 2.60 bits per heavy atom. The van der Waals surface area contributed by atoms with Crippen LogP contribution in [0.25, 0.3) is 0 Å². The monoisotopic (exact) mass is 344 g/mol. The van der Waals surface area contributed by atoms with Crippen LogP contribution in [0.2, 0.25) is 0 Å². The molecule has 1 aromatic carbocycles. The molecule has 7 heteroatoms. The number of methoxy groups -OCH3 is 1. The van der Waals surface area contributed by atoms with Gasteiger partial charge in [-0.25, -0.2) is 4.79 Å². The molecule has 0 aliphatic rings. The number of carboxylic acids is 1. The summed E-state index contributed by atoms with van der Waals surface area (Å²) in [6.45, 7) is 3.09. The Hall–Kier alpha value is -1.76. The Kier molecular flexibility index (Phi) is 5.38. The second-order valence-electron chi connectivity index (χ2n) is 4.84. The maximum absolute atomic E-state index is 11.8. The first-order valence-corrected chi connectivity index (χ1v) is 6.67. The summed E-state index contributed by atoms with van der Waals surface area (Å²) in [5.74, 6) is -0.460. The number of rotatable bonds is 5. The van der Waals surface area contributed by atoms with Crippen molar-refractivity contribution in [3.8, 4) is 5.75 Å². The number of ether oxygens (including phenoxy) is 1. The van der Waals surface area contributed by atoms with Crippen LogP contribution in [0.5, 0.6) is 5.75 Å². The first-order chi connectivity index (χ1) is 9.26. The fourth-order valence-corrected chi connectivity index (χ4v) is 1.68. The molecule has 0 saturated carbocycles. The quantitative estimate of drug-likeness (QED) is 0.766. The van der Waals surface area contributed by atoms with E-state index in [0.29, 0.717) is 11.4 Å². The van der Waals surface area contributed by atoms with E-state index in [9.17, 15) is 9.59 Å². The van der Waals surface area contributed by atoms with Crippen LogP contribution in [0.3, 0.4) is 0 Å². The molecule has 0 fully saturated rings. The first-order valence-electron chi connectivity index (χ1n) is 5.88. The highest BCUT2D eigenvalue weighted by atomic mass is 79.9. The van der Waals surface area contributed by atoms with E-state index in [2.05, 4.69) is 26.6 Å². The van der Waals surface area contributed by atoms with Crippen LogP contribution in [0.1, 0.15) is 13.8 Å². The van der Waals surface area contributed by atoms with Crippen molar-refractivity contribution in [2.45, 2.75) is 13.8 Å². The third-order valence-electron chi connectivity index (χ3n) is 2.68. The summed E-state index contributed by atoms with van der Waals surface area (Å²) in [6, 6.07) is 4.70. The van der Waals surface area contributed by atoms with Crippen LogP contribution >= 0.6 is 15.9 Å². The van der Waals surface area contributed by atoms with Gasteiger partial charge in [-0.05, 0) is 32.0 Å². The van der Waals surface area contributed by atoms with Crippen molar-refractivity contribution in [1.29, 1.82) is 0 Å². The number of carbonyl (C=O) groups excluding carboxylic acids is 1. The highest BCUT2D eigenvalue weighted by Crippen LogP contribution is 2.27. The van der Waals surface area contributed by atoms with Crippen molar-refractivity contribution in [2.24, 2.45) is 5.41 Å². The number of amides is 2. The Balaban J connectivity index is 2.68. The molecule has 0 aromatic heterocycles. The zero-order valence-corrected chi connectivity index (χ0v) is 13.1. The molecule has 0 unspecified atom stereocenters. The van der Waals surface area contributed by atoms with Crippen molar-refractivity contribution >= 4 is 33.6 Å². The Labute approximate surface area is 125 Å². The molecular formula is C13H17BrN2O4. The standard InChI is InChI=1S/C13H17BrN2O4/c1-13(2,11(17)18)7-15-12(19)16-9-6-8(14)4-5-10(9)20-3/h4-6H,7H2,1-3H3,(H,17,18)(H2,15,16,19). The number of urea groups is 1. The molecule has 6 nitrogen and oxygen atoms in total. The minimum Gasteiger partial charge on any atom is -0.495 e. The maximum atomic E-state index is 11.8. The van der Waals surface area contributed by atoms with Crippen LogP contribution in [0, 0.1) is 5.41 Å². The summed E-state index contributed by atoms with van der Waals surface area (Å²) in [6.07, 6.45) is 0. The highest BCUT2D eigenvalue weighted by Gasteiger charge is 2.27. The lowest BCUT2D eigenvalue weighted by Crippen LogP contribution is -2.40. The minimum absolute atomic E-state index is 0.0183. The predicted molar refractivity (Wildman–Crippen MR) is 79.1 cm³/mol. The fourth-order valence-electron chi connectivity index (χ4n) is 1.32. The molecule has 0 spiro atoms. The summed E-state index contributed by atoms with van der Waals surface area (Å²) in [7, 11) is 1.50. The SMILES string of the molecule is COc1ccc(Br)cc1NC(=O)NCC(C)(C)C(=O)O. The lowest BCUT2D eigenvalue weighted by atomic mass is 9.94. The second-order valence-corrected chi connectivity index (χ2v) is 5.76. The van der Waals surface area contributed by atoms with Crippen molar-refractivity contribution < 1.29 is 19.4 Å². The summed E-state index contributed by atoms with van der Waals surface area (Å²) >= 11 is 3.30. The van der Waals surface area contributed by atoms with Gasteiger partial charge in [-0.2, -0.15) is 0 Å². The van der Waals surface area contributed by atoms with Gasteiger partial charge in [0.25, 0.3) is 0 Å². The van der Waals surface area contributed by atoms with E-state index in [0.717, 1.165) is 4.47 Å². The van der Waals surface area contributed by atoms with E-state index in [1.54, 1.807) is 18.2 Å². The molecule has 20 heavy (non-hydrogen) atoms. The predicted octanol–water partition coefficient (Wildman–Crippen LogP) is 2.69. The number of benzene rings is 1. The van der Waals surface area contributed by atoms with Gasteiger partial charge >= 0.3 is 12.0 Å². The number of carbonyl (C=O) groups is 2. The summed E-state index contributed by atoms with van der Waals surface area (Å²) in [5, 5.41) is 14.1. The molecule has 0 atom stereocenters. The number of hydrogen-bond donors (Lipinski definition) is 3. The first kappa shape index (κ1) is 16.3. The molecule has 0 aliphatic heterocycles. The van der Waals surface area contributed by atoms with E-state index < -0.39 is 17.4 Å². The average molecular weight is 345 g/mol. The van der Waals surface area contributed by atoms with Gasteiger partial charge in [-0.3, -0.25) is 4.79 Å². The van der Waals surface area contributed by atoms with Crippen molar-refractivity contribution in [2.75, 3.05) is 19.0 Å². The smallest absolute Gasteiger partial charge is 0.319 e. The molecule has 0 bridgehead atoms. The van der Waals surface area contributed by atoms with Crippen LogP contribution in [-0.2, 0) is 4.79 Å². The second kappa shape index (κ2) is 6.60. The molecule has 1 rings (SSSR count). The Morgan fingerprint density at radius 2 is 2.05 bits per heavy atom. The summed E-state index contributed by atoms with van der Waals surface area (Å²) in [4.78, 5) is 22.7. The molecule has 1 aromatic rings. The van der Waals surface area contributed by atoms with E-state index in [-0.39, 0.29) is 6.54 Å². The normalized spacial score (nSPS) is 10.8. The van der Waals surface area contributed by atoms with Crippen molar-refractivity contribution in [3.05, 3.63) is 22.7 Å². The Bertz CT molecular complexity index is 517. The number of aliphatic carboxylic acids is 1. The highest BCUT2D eigenvalue weighted by molar-refractivity contribution is 9.10. The van der Waals surface area contributed by atoms with E-state index in [4.69, 9.17) is 9.84 Å². The minimum atomic E-state index is -1.03. The molecule has 110 valence electrons. The van der Waals surface area contributed by atoms with Crippen molar-refractivity contribution in [3.63, 3.8) is 0 Å². The zero-order valence-electron chi connectivity index (χ0n) is 11.5. The van der Waals surface area contributed by atoms with Crippen LogP contribution in [-0.4, -0.2) is 30.8 Å². The fraction of sp³-hybridized carbons (Fsp3) is 0.385. The number of nitrogens with one attached hydrogen (secondary N) is 2. The van der Waals surface area contributed by atoms with Crippen LogP contribution < -0.4 is 15.4 Å². The largest absolute Gasteiger partial charge is 0.495 e. The lowest BCUT2D eigenvalue weighted by Gasteiger charge is -2.20. The summed E-state index contributed by atoms with van der Waals surface area (Å²) in [5.41, 5.74) is -0.536. The number of halogens is 1. The van der Waals surface area contributed by atoms with Gasteiger partial charge in [0.1, 0.15) is 5.75 Å². The lowest BCUT2D eigenvalue weighted by molar-refractivity contribution is -0.146. The van der Waals surface area contributed by atoms with Gasteiger partial charge in [0.05, 0.1) is 18.2 Å². The number of hydrogen-bond acceptors (Lipinski definition) is 3. The molecule has 0 radical (unpaired) electrons. The maximum Gasteiger partial charge on any atom is 0.319 e. The summed E-state index contributed by atoms with van der Waals surface area (Å²) < 4.78 is 5.92. The van der Waals surface area contributed by atoms with Gasteiger partial charge in [0.2, 0.25) is 0 Å². The van der Waals surface area contributed by atoms with E-state index >= 15 is 0 Å². The van der Waals surface area contributed by atoms with Crippen molar-refractivity contribution in [1.82, 2.24) is 5.32 Å². The zero-order chi connectivity index (χ0) is 15.3. The van der Waals surface area contributed by atoms with E-state index in [1.165, 1.54) is 21.0 Å². The number of carboxylic acid groups (broad SMARTS) is 1. The van der Waals surface area contributed by atoms with Gasteiger partial charge in [-0.1, -0.05) is 15.9 Å². The van der Waals surface area contributed by atoms with E-state index in [1.807, 2.05) is 0 Å². The molecule has 0 aliphatic carbocycles. The molecule has 3 N–H and O–H groups in total. The van der Waals surface area contributed by atoms with Gasteiger partial charge in [0.15, 0.2) is 0 Å². The van der Waals surface area contributed by atoms with Crippen LogP contribution in [0.4, 0.5) is 10.5 Å². The van der Waals surface area contributed by atoms with Gasteiger partial charge in [0, 0.05) is 11.0 Å². The molecule has 0 saturated heterocycles. The molecule has 2 amide bonds. The van der Waals surface area contributed by atoms with Gasteiger partial charge < -0.3 is 20.5 Å². The molecule has 0 heterocycles.